The van der Waals surface area contributed by atoms with Crippen LogP contribution in [0.15, 0.2) is 95.5 Å². The van der Waals surface area contributed by atoms with Gasteiger partial charge in [0, 0.05) is 23.1 Å². The first kappa shape index (κ1) is 28.7. The number of nitrogens with zero attached hydrogens (tertiary/aromatic N) is 1. The van der Waals surface area contributed by atoms with E-state index in [0.29, 0.717) is 57.7 Å². The van der Waals surface area contributed by atoms with E-state index < -0.39 is 22.5 Å². The number of hydrogen-bond donors (Lipinski definition) is 2. The van der Waals surface area contributed by atoms with E-state index in [4.69, 9.17) is 28.7 Å². The highest BCUT2D eigenvalue weighted by Crippen LogP contribution is 2.71. The number of allylic oxidation sites excluding steroid dienone is 2. The molecule has 2 aliphatic carbocycles. The molecule has 4 aromatic rings. The van der Waals surface area contributed by atoms with Crippen LogP contribution < -0.4 is 24.5 Å². The van der Waals surface area contributed by atoms with Gasteiger partial charge in [0.25, 0.3) is 5.56 Å². The quantitative estimate of drug-likeness (QED) is 0.285. The molecule has 230 valence electrons. The Labute approximate surface area is 260 Å². The molecular formula is C36H34N2O7. The van der Waals surface area contributed by atoms with Gasteiger partial charge in [0.05, 0.1) is 51.2 Å². The zero-order valence-corrected chi connectivity index (χ0v) is 25.7. The van der Waals surface area contributed by atoms with Gasteiger partial charge in [-0.1, -0.05) is 43.3 Å². The fourth-order valence-corrected chi connectivity index (χ4v) is 7.44. The minimum atomic E-state index is -1.94. The van der Waals surface area contributed by atoms with E-state index in [2.05, 4.69) is 4.98 Å². The van der Waals surface area contributed by atoms with Crippen molar-refractivity contribution in [3.63, 3.8) is 0 Å². The smallest absolute Gasteiger partial charge is 0.255 e. The maximum atomic E-state index is 14.4. The van der Waals surface area contributed by atoms with Crippen molar-refractivity contribution in [2.45, 2.75) is 30.5 Å². The first-order valence-electron chi connectivity index (χ1n) is 14.7. The number of methoxy groups -OCH3 is 4. The lowest BCUT2D eigenvalue weighted by Gasteiger charge is -2.51. The molecule has 0 fully saturated rings. The van der Waals surface area contributed by atoms with Crippen molar-refractivity contribution in [1.29, 1.82) is 0 Å². The van der Waals surface area contributed by atoms with Crippen molar-refractivity contribution in [2.24, 2.45) is 5.41 Å². The molecule has 9 nitrogen and oxygen atoms in total. The van der Waals surface area contributed by atoms with E-state index in [0.717, 1.165) is 5.56 Å². The van der Waals surface area contributed by atoms with Crippen molar-refractivity contribution in [2.75, 3.05) is 28.4 Å². The molecule has 7 rings (SSSR count). The Morgan fingerprint density at radius 3 is 2.29 bits per heavy atom. The molecule has 1 aliphatic heterocycles. The normalized spacial score (nSPS) is 25.8. The van der Waals surface area contributed by atoms with E-state index in [9.17, 15) is 9.90 Å². The van der Waals surface area contributed by atoms with E-state index in [1.807, 2.05) is 67.6 Å². The van der Waals surface area contributed by atoms with Crippen LogP contribution >= 0.6 is 0 Å². The Morgan fingerprint density at radius 2 is 1.67 bits per heavy atom. The van der Waals surface area contributed by atoms with Gasteiger partial charge in [-0.3, -0.25) is 4.79 Å². The maximum absolute atomic E-state index is 14.4. The Bertz CT molecular complexity index is 1920. The molecule has 3 aliphatic rings. The number of rotatable bonds is 7. The molecular weight excluding hydrogens is 572 g/mol. The van der Waals surface area contributed by atoms with Crippen LogP contribution in [0.4, 0.5) is 0 Å². The summed E-state index contributed by atoms with van der Waals surface area (Å²) < 4.78 is 29.5. The lowest BCUT2D eigenvalue weighted by molar-refractivity contribution is -0.142. The van der Waals surface area contributed by atoms with Gasteiger partial charge in [0.1, 0.15) is 34.6 Å². The number of aliphatic hydroxyl groups is 1. The lowest BCUT2D eigenvalue weighted by Crippen LogP contribution is -2.62. The highest BCUT2D eigenvalue weighted by molar-refractivity contribution is 5.69. The number of H-pyrrole nitrogens is 1. The van der Waals surface area contributed by atoms with Gasteiger partial charge >= 0.3 is 0 Å². The second-order valence-corrected chi connectivity index (χ2v) is 11.8. The Balaban J connectivity index is 1.60. The molecule has 0 bridgehead atoms. The van der Waals surface area contributed by atoms with Gasteiger partial charge in [-0.15, -0.1) is 0 Å². The van der Waals surface area contributed by atoms with Crippen LogP contribution in [0.1, 0.15) is 41.6 Å². The Hall–Kier alpha value is -5.02. The Morgan fingerprint density at radius 1 is 0.933 bits per heavy atom. The van der Waals surface area contributed by atoms with Crippen LogP contribution in [0.5, 0.6) is 23.0 Å². The summed E-state index contributed by atoms with van der Waals surface area (Å²) in [5.41, 5.74) is -2.28. The third-order valence-corrected chi connectivity index (χ3v) is 9.58. The predicted octanol–water partition coefficient (Wildman–Crippen LogP) is 5.47. The highest BCUT2D eigenvalue weighted by atomic mass is 16.5. The fraction of sp³-hybridized carbons (Fsp3) is 0.278. The molecule has 0 amide bonds. The number of benzene rings is 3. The molecule has 9 heteroatoms. The van der Waals surface area contributed by atoms with Crippen molar-refractivity contribution in [3.8, 4) is 34.4 Å². The monoisotopic (exact) mass is 606 g/mol. The van der Waals surface area contributed by atoms with Gasteiger partial charge < -0.3 is 33.8 Å². The molecule has 0 spiro atoms. The first-order chi connectivity index (χ1) is 21.7. The summed E-state index contributed by atoms with van der Waals surface area (Å²) >= 11 is 0. The van der Waals surface area contributed by atoms with E-state index >= 15 is 0 Å². The average molecular weight is 607 g/mol. The van der Waals surface area contributed by atoms with Crippen LogP contribution in [-0.4, -0.2) is 49.1 Å². The van der Waals surface area contributed by atoms with Gasteiger partial charge in [0.2, 0.25) is 0 Å². The van der Waals surface area contributed by atoms with Crippen LogP contribution in [0.2, 0.25) is 0 Å². The SMILES string of the molecule is COC1=CCC(C)([C@@]23Oc4cc(OC)cc(OC)c4[C@]2(O)c2nc(-c4ccc(OC)cc4)[nH]c(=O)c2[C@H]3c2ccccc2)C=C1. The summed E-state index contributed by atoms with van der Waals surface area (Å²) in [7, 11) is 6.31. The van der Waals surface area contributed by atoms with Gasteiger partial charge in [0.15, 0.2) is 11.2 Å². The topological polar surface area (TPSA) is 112 Å². The van der Waals surface area contributed by atoms with Crippen molar-refractivity contribution >= 4 is 0 Å². The summed E-state index contributed by atoms with van der Waals surface area (Å²) in [5, 5.41) is 13.6. The number of nitrogens with one attached hydrogen (secondary N) is 1. The summed E-state index contributed by atoms with van der Waals surface area (Å²) in [6.45, 7) is 2.04. The van der Waals surface area contributed by atoms with E-state index in [1.165, 1.54) is 7.11 Å². The fourth-order valence-electron chi connectivity index (χ4n) is 7.44. The van der Waals surface area contributed by atoms with Crippen LogP contribution in [0.3, 0.4) is 0 Å². The standard InChI is InChI=1S/C36H34N2O7/c1-34(17-15-24(42-3)16-18-34)36-29(21-9-7-6-8-10-21)28-31(37-32(38-33(28)39)22-11-13-23(41-2)14-12-22)35(36,40)30-26(44-5)19-25(43-4)20-27(30)45-36/h6-17,19-20,29,40H,18H2,1-5H3,(H,37,38,39)/t29-,34?,35+,36-/m1/s1. The average Bonchev–Trinajstić information content (AvgIpc) is 3.48. The largest absolute Gasteiger partial charge is 0.497 e. The second kappa shape index (κ2) is 10.3. The number of aromatic nitrogens is 2. The van der Waals surface area contributed by atoms with Crippen LogP contribution in [0.25, 0.3) is 11.4 Å². The summed E-state index contributed by atoms with van der Waals surface area (Å²) in [4.78, 5) is 22.5. The molecule has 0 radical (unpaired) electrons. The lowest BCUT2D eigenvalue weighted by atomic mass is 9.57. The first-order valence-corrected chi connectivity index (χ1v) is 14.7. The highest BCUT2D eigenvalue weighted by Gasteiger charge is 2.78. The zero-order valence-electron chi connectivity index (χ0n) is 25.7. The number of hydrogen-bond acceptors (Lipinski definition) is 8. The number of aromatic amines is 1. The van der Waals surface area contributed by atoms with E-state index in [1.54, 1.807) is 45.6 Å². The van der Waals surface area contributed by atoms with Crippen molar-refractivity contribution in [1.82, 2.24) is 9.97 Å². The Kier molecular flexibility index (Phi) is 6.56. The maximum Gasteiger partial charge on any atom is 0.255 e. The minimum Gasteiger partial charge on any atom is -0.497 e. The summed E-state index contributed by atoms with van der Waals surface area (Å²) in [6.07, 6.45) is 6.31. The minimum absolute atomic E-state index is 0.212. The van der Waals surface area contributed by atoms with Crippen LogP contribution in [-0.2, 0) is 10.3 Å². The molecule has 1 unspecified atom stereocenters. The van der Waals surface area contributed by atoms with E-state index in [-0.39, 0.29) is 11.3 Å². The predicted molar refractivity (Wildman–Crippen MR) is 168 cm³/mol. The molecule has 2 N–H and O–H groups in total. The van der Waals surface area contributed by atoms with Crippen molar-refractivity contribution in [3.05, 3.63) is 123 Å². The molecule has 0 saturated heterocycles. The molecule has 45 heavy (non-hydrogen) atoms. The van der Waals surface area contributed by atoms with Gasteiger partial charge in [-0.25, -0.2) is 4.98 Å². The van der Waals surface area contributed by atoms with Crippen LogP contribution in [0, 0.1) is 5.41 Å². The summed E-state index contributed by atoms with van der Waals surface area (Å²) in [5.74, 6) is 2.19. The van der Waals surface area contributed by atoms with Gasteiger partial charge in [-0.2, -0.15) is 0 Å². The number of fused-ring (bicyclic) bond motifs is 5. The molecule has 0 saturated carbocycles. The molecule has 3 aromatic carbocycles. The van der Waals surface area contributed by atoms with Gasteiger partial charge in [-0.05, 0) is 48.4 Å². The molecule has 2 heterocycles. The third-order valence-electron chi connectivity index (χ3n) is 9.58. The third kappa shape index (κ3) is 3.83. The second-order valence-electron chi connectivity index (χ2n) is 11.8. The van der Waals surface area contributed by atoms with Crippen molar-refractivity contribution < 1.29 is 28.8 Å². The zero-order chi connectivity index (χ0) is 31.6. The molecule has 4 atom stereocenters. The number of ether oxygens (including phenoxy) is 5. The summed E-state index contributed by atoms with van der Waals surface area (Å²) in [6, 6.07) is 20.4. The molecule has 1 aromatic heterocycles.